The van der Waals surface area contributed by atoms with Crippen LogP contribution >= 0.6 is 0 Å². The van der Waals surface area contributed by atoms with Crippen LogP contribution in [0.4, 0.5) is 4.39 Å². The Balaban J connectivity index is 1.89. The third-order valence-electron chi connectivity index (χ3n) is 5.08. The summed E-state index contributed by atoms with van der Waals surface area (Å²) in [6.07, 6.45) is 0.780. The van der Waals surface area contributed by atoms with E-state index in [-0.39, 0.29) is 18.1 Å². The topological polar surface area (TPSA) is 80.6 Å². The minimum absolute atomic E-state index is 0.140. The summed E-state index contributed by atoms with van der Waals surface area (Å²) in [5.41, 5.74) is 1.99. The second-order valence-electron chi connectivity index (χ2n) is 7.01. The molecule has 1 aliphatic heterocycles. The van der Waals surface area contributed by atoms with Gasteiger partial charge in [-0.15, -0.1) is 0 Å². The molecule has 2 N–H and O–H groups in total. The molecular weight excluding hydrogens is 351 g/mol. The number of aryl methyl sites for hydroxylation is 1. The number of rotatable bonds is 5. The first kappa shape index (κ1) is 19.1. The molecule has 144 valence electrons. The molecule has 0 saturated carbocycles. The van der Waals surface area contributed by atoms with Crippen LogP contribution in [-0.4, -0.2) is 40.3 Å². The molecule has 0 radical (unpaired) electrons. The predicted octanol–water partition coefficient (Wildman–Crippen LogP) is 2.99. The molecule has 0 aliphatic carbocycles. The summed E-state index contributed by atoms with van der Waals surface area (Å²) in [5.74, 6) is -1.58. The molecule has 3 rings (SSSR count). The van der Waals surface area contributed by atoms with E-state index in [1.807, 2.05) is 18.4 Å². The van der Waals surface area contributed by atoms with Gasteiger partial charge in [-0.05, 0) is 57.0 Å². The molecule has 0 unspecified atom stereocenters. The van der Waals surface area contributed by atoms with E-state index in [9.17, 15) is 19.1 Å². The second-order valence-corrected chi connectivity index (χ2v) is 7.01. The number of amides is 1. The molecule has 2 aromatic rings. The predicted molar refractivity (Wildman–Crippen MR) is 97.7 cm³/mol. The molecule has 6 nitrogen and oxygen atoms in total. The van der Waals surface area contributed by atoms with Crippen LogP contribution in [0, 0.1) is 19.7 Å². The maximum absolute atomic E-state index is 13.2. The minimum atomic E-state index is -0.950. The smallest absolute Gasteiger partial charge is 0.305 e. The second kappa shape index (κ2) is 7.52. The number of ether oxygens (including phenoxy) is 1. The van der Waals surface area contributed by atoms with Gasteiger partial charge in [0.2, 0.25) is 0 Å². The van der Waals surface area contributed by atoms with Crippen molar-refractivity contribution in [3.8, 4) is 5.69 Å². The first-order valence-corrected chi connectivity index (χ1v) is 8.88. The van der Waals surface area contributed by atoms with E-state index in [1.54, 1.807) is 18.2 Å². The molecule has 1 amide bonds. The van der Waals surface area contributed by atoms with Crippen molar-refractivity contribution in [2.24, 2.45) is 0 Å². The van der Waals surface area contributed by atoms with Crippen LogP contribution in [0.2, 0.25) is 0 Å². The monoisotopic (exact) mass is 374 g/mol. The fraction of sp³-hybridized carbons (Fsp3) is 0.400. The van der Waals surface area contributed by atoms with Crippen LogP contribution in [0.25, 0.3) is 5.69 Å². The number of halogens is 1. The summed E-state index contributed by atoms with van der Waals surface area (Å²) in [5, 5.41) is 12.2. The molecule has 1 aliphatic rings. The van der Waals surface area contributed by atoms with E-state index in [0.717, 1.165) is 11.4 Å². The molecule has 2 heterocycles. The van der Waals surface area contributed by atoms with Gasteiger partial charge in [0.25, 0.3) is 5.91 Å². The molecule has 1 saturated heterocycles. The number of hydrogen-bond donors (Lipinski definition) is 2. The van der Waals surface area contributed by atoms with E-state index in [2.05, 4.69) is 5.32 Å². The van der Waals surface area contributed by atoms with Gasteiger partial charge in [-0.3, -0.25) is 9.59 Å². The van der Waals surface area contributed by atoms with Gasteiger partial charge in [-0.2, -0.15) is 0 Å². The van der Waals surface area contributed by atoms with Gasteiger partial charge < -0.3 is 19.7 Å². The fourth-order valence-corrected chi connectivity index (χ4v) is 3.69. The van der Waals surface area contributed by atoms with Crippen molar-refractivity contribution < 1.29 is 23.8 Å². The number of nitrogens with zero attached hydrogens (tertiary/aromatic N) is 1. The average Bonchev–Trinajstić information content (AvgIpc) is 2.90. The standard InChI is InChI=1S/C20H23FN2O4/c1-13-11-17(14(2)23(13)16-5-3-15(21)4-6-16)19(26)22-20(12-18(24)25)7-9-27-10-8-20/h3-6,11H,7-10,12H2,1-2H3,(H,22,26)(H,24,25). The summed E-state index contributed by atoms with van der Waals surface area (Å²) in [6.45, 7) is 4.53. The minimum Gasteiger partial charge on any atom is -0.481 e. The van der Waals surface area contributed by atoms with Crippen LogP contribution in [0.3, 0.4) is 0 Å². The van der Waals surface area contributed by atoms with E-state index in [1.165, 1.54) is 12.1 Å². The van der Waals surface area contributed by atoms with E-state index >= 15 is 0 Å². The zero-order chi connectivity index (χ0) is 19.6. The highest BCUT2D eigenvalue weighted by molar-refractivity contribution is 5.96. The van der Waals surface area contributed by atoms with Crippen molar-refractivity contribution in [1.82, 2.24) is 9.88 Å². The van der Waals surface area contributed by atoms with Gasteiger partial charge in [-0.1, -0.05) is 0 Å². The Hall–Kier alpha value is -2.67. The van der Waals surface area contributed by atoms with Crippen LogP contribution in [-0.2, 0) is 9.53 Å². The lowest BCUT2D eigenvalue weighted by Crippen LogP contribution is -2.53. The Labute approximate surface area is 156 Å². The van der Waals surface area contributed by atoms with Gasteiger partial charge in [0.1, 0.15) is 5.82 Å². The van der Waals surface area contributed by atoms with Crippen LogP contribution in [0.1, 0.15) is 41.0 Å². The molecular formula is C20H23FN2O4. The van der Waals surface area contributed by atoms with Gasteiger partial charge in [0.15, 0.2) is 0 Å². The first-order valence-electron chi connectivity index (χ1n) is 8.88. The summed E-state index contributed by atoms with van der Waals surface area (Å²) >= 11 is 0. The Morgan fingerprint density at radius 2 is 1.85 bits per heavy atom. The van der Waals surface area contributed by atoms with Gasteiger partial charge in [-0.25, -0.2) is 4.39 Å². The molecule has 1 fully saturated rings. The van der Waals surface area contributed by atoms with Crippen molar-refractivity contribution in [2.75, 3.05) is 13.2 Å². The van der Waals surface area contributed by atoms with Gasteiger partial charge in [0.05, 0.1) is 17.5 Å². The fourth-order valence-electron chi connectivity index (χ4n) is 3.69. The van der Waals surface area contributed by atoms with Gasteiger partial charge >= 0.3 is 5.97 Å². The lowest BCUT2D eigenvalue weighted by molar-refractivity contribution is -0.139. The zero-order valence-electron chi connectivity index (χ0n) is 15.4. The lowest BCUT2D eigenvalue weighted by Gasteiger charge is -2.36. The number of carboxylic acid groups (broad SMARTS) is 1. The highest BCUT2D eigenvalue weighted by atomic mass is 19.1. The maximum atomic E-state index is 13.2. The summed E-state index contributed by atoms with van der Waals surface area (Å²) < 4.78 is 20.4. The van der Waals surface area contributed by atoms with Crippen molar-refractivity contribution in [3.05, 3.63) is 53.1 Å². The number of hydrogen-bond acceptors (Lipinski definition) is 3. The van der Waals surface area contributed by atoms with Crippen molar-refractivity contribution in [3.63, 3.8) is 0 Å². The summed E-state index contributed by atoms with van der Waals surface area (Å²) in [6, 6.07) is 7.82. The number of carbonyl (C=O) groups excluding carboxylic acids is 1. The first-order chi connectivity index (χ1) is 12.8. The molecule has 7 heteroatoms. The highest BCUT2D eigenvalue weighted by Gasteiger charge is 2.37. The lowest BCUT2D eigenvalue weighted by atomic mass is 9.86. The number of carboxylic acids is 1. The molecule has 1 aromatic heterocycles. The van der Waals surface area contributed by atoms with Crippen LogP contribution in [0.15, 0.2) is 30.3 Å². The molecule has 0 atom stereocenters. The molecule has 0 bridgehead atoms. The SMILES string of the molecule is Cc1cc(C(=O)NC2(CC(=O)O)CCOCC2)c(C)n1-c1ccc(F)cc1. The highest BCUT2D eigenvalue weighted by Crippen LogP contribution is 2.27. The third-order valence-corrected chi connectivity index (χ3v) is 5.08. The molecule has 27 heavy (non-hydrogen) atoms. The number of aromatic nitrogens is 1. The quantitative estimate of drug-likeness (QED) is 0.843. The zero-order valence-corrected chi connectivity index (χ0v) is 15.4. The van der Waals surface area contributed by atoms with Crippen molar-refractivity contribution in [2.45, 2.75) is 38.6 Å². The van der Waals surface area contributed by atoms with Gasteiger partial charge in [0, 0.05) is 30.3 Å². The normalized spacial score (nSPS) is 16.1. The number of aliphatic carboxylic acids is 1. The van der Waals surface area contributed by atoms with E-state index in [0.29, 0.717) is 37.3 Å². The Morgan fingerprint density at radius 1 is 1.22 bits per heavy atom. The molecule has 1 aromatic carbocycles. The van der Waals surface area contributed by atoms with Crippen molar-refractivity contribution >= 4 is 11.9 Å². The summed E-state index contributed by atoms with van der Waals surface area (Å²) in [7, 11) is 0. The van der Waals surface area contributed by atoms with Crippen molar-refractivity contribution in [1.29, 1.82) is 0 Å². The number of nitrogens with one attached hydrogen (secondary N) is 1. The van der Waals surface area contributed by atoms with Crippen LogP contribution in [0.5, 0.6) is 0 Å². The summed E-state index contributed by atoms with van der Waals surface area (Å²) in [4.78, 5) is 24.3. The van der Waals surface area contributed by atoms with E-state index in [4.69, 9.17) is 4.74 Å². The largest absolute Gasteiger partial charge is 0.481 e. The number of benzene rings is 1. The Kier molecular flexibility index (Phi) is 5.32. The average molecular weight is 374 g/mol. The maximum Gasteiger partial charge on any atom is 0.305 e. The number of carbonyl (C=O) groups is 2. The third kappa shape index (κ3) is 4.03. The Morgan fingerprint density at radius 3 is 2.44 bits per heavy atom. The Bertz CT molecular complexity index is 852. The molecule has 0 spiro atoms. The van der Waals surface area contributed by atoms with Crippen LogP contribution < -0.4 is 5.32 Å². The van der Waals surface area contributed by atoms with E-state index < -0.39 is 11.5 Å².